The molecule has 8 rings (SSSR count). The Labute approximate surface area is 346 Å². The fraction of sp³-hybridized carbons (Fsp3) is 0.773. The number of nitrogens with zero attached hydrogens (tertiary/aromatic N) is 4. The first kappa shape index (κ1) is 42.0. The van der Waals surface area contributed by atoms with Crippen LogP contribution in [0, 0.1) is 35.0 Å². The van der Waals surface area contributed by atoms with Gasteiger partial charge in [-0.15, -0.1) is 5.10 Å². The van der Waals surface area contributed by atoms with Gasteiger partial charge in [0.15, 0.2) is 18.4 Å². The lowest BCUT2D eigenvalue weighted by atomic mass is 9.56. The number of likely N-dealkylation sites (tertiary alicyclic amines) is 1. The summed E-state index contributed by atoms with van der Waals surface area (Å²) in [6.45, 7) is 15.6. The maximum Gasteiger partial charge on any atom is 0.303 e. The van der Waals surface area contributed by atoms with Gasteiger partial charge in [0.2, 0.25) is 5.91 Å². The summed E-state index contributed by atoms with van der Waals surface area (Å²) in [7, 11) is 0. The zero-order valence-corrected chi connectivity index (χ0v) is 35.8. The van der Waals surface area contributed by atoms with Crippen LogP contribution in [0.15, 0.2) is 29.0 Å². The van der Waals surface area contributed by atoms with Gasteiger partial charge in [-0.1, -0.05) is 43.2 Å². The third-order valence-corrected chi connectivity index (χ3v) is 15.4. The number of piperidine rings is 1. The second-order valence-corrected chi connectivity index (χ2v) is 19.1. The Morgan fingerprint density at radius 2 is 1.76 bits per heavy atom. The van der Waals surface area contributed by atoms with Crippen molar-refractivity contribution in [3.05, 3.63) is 34.7 Å². The molecule has 1 spiro atoms. The molecule has 59 heavy (non-hydrogen) atoms. The molecule has 324 valence electrons. The molecular formula is C44H63N5O10. The number of aliphatic hydroxyl groups excluding tert-OH is 1. The number of aliphatic hydroxyl groups is 1. The van der Waals surface area contributed by atoms with Gasteiger partial charge in [0.25, 0.3) is 0 Å². The van der Waals surface area contributed by atoms with Gasteiger partial charge in [0.1, 0.15) is 18.8 Å². The Balaban J connectivity index is 1.05. The number of amides is 1. The highest BCUT2D eigenvalue weighted by atomic mass is 16.6. The van der Waals surface area contributed by atoms with Gasteiger partial charge < -0.3 is 34.1 Å². The monoisotopic (exact) mass is 821 g/mol. The number of hydrogen-bond donors (Lipinski definition) is 2. The molecule has 5 fully saturated rings. The first-order valence-electron chi connectivity index (χ1n) is 21.8. The predicted octanol–water partition coefficient (Wildman–Crippen LogP) is 4.33. The molecule has 0 aromatic carbocycles. The maximum atomic E-state index is 12.6. The zero-order valence-electron chi connectivity index (χ0n) is 35.8. The van der Waals surface area contributed by atoms with E-state index in [4.69, 9.17) is 23.7 Å². The van der Waals surface area contributed by atoms with Gasteiger partial charge in [-0.2, -0.15) is 0 Å². The normalized spacial score (nSPS) is 41.6. The van der Waals surface area contributed by atoms with Crippen molar-refractivity contribution in [2.45, 2.75) is 168 Å². The lowest BCUT2D eigenvalue weighted by molar-refractivity contribution is -0.239. The highest BCUT2D eigenvalue weighted by Gasteiger charge is 2.62. The van der Waals surface area contributed by atoms with Gasteiger partial charge in [-0.25, -0.2) is 4.68 Å². The Morgan fingerprint density at radius 3 is 2.47 bits per heavy atom. The second kappa shape index (κ2) is 16.0. The number of fused-ring (bicyclic) bond motifs is 6. The largest absolute Gasteiger partial charge is 0.463 e. The summed E-state index contributed by atoms with van der Waals surface area (Å²) in [6.07, 6.45) is 7.79. The fourth-order valence-electron chi connectivity index (χ4n) is 12.9. The van der Waals surface area contributed by atoms with Crippen molar-refractivity contribution in [2.24, 2.45) is 35.0 Å². The summed E-state index contributed by atoms with van der Waals surface area (Å²) in [5, 5.41) is 22.4. The van der Waals surface area contributed by atoms with Gasteiger partial charge in [0.05, 0.1) is 29.7 Å². The van der Waals surface area contributed by atoms with Crippen molar-refractivity contribution >= 4 is 23.8 Å². The standard InChI is InChI=1S/C44H63N5O10/c1-22-15-36-39(24(3)44(59-36)14-12-32-33-10-9-29-16-31(54)11-13-43(29,8)35(33)17-34(32)23(44)2)48(18-22)19-30-20-49(47-46-30)42-38(45-25(4)50)41(57-28(7)53)40(56-27(6)52)37(58-42)21-55-26(5)51/h9,20,22,24,31-33,35-42,54H,10-19,21H2,1-8H3,(H,45,50)/t22-,24+,31-,32-,33-,35-,36+,37+,38+,39-,40+,41+,42+,43-,44-/m0/s1. The van der Waals surface area contributed by atoms with Crippen molar-refractivity contribution in [2.75, 3.05) is 13.2 Å². The molecule has 3 saturated heterocycles. The molecule has 2 saturated carbocycles. The summed E-state index contributed by atoms with van der Waals surface area (Å²) in [6, 6.07) is -0.867. The first-order chi connectivity index (χ1) is 28.0. The second-order valence-electron chi connectivity index (χ2n) is 19.1. The van der Waals surface area contributed by atoms with Crippen LogP contribution in [0.4, 0.5) is 0 Å². The zero-order chi connectivity index (χ0) is 42.1. The molecule has 1 amide bonds. The van der Waals surface area contributed by atoms with Gasteiger partial charge in [-0.3, -0.25) is 24.1 Å². The summed E-state index contributed by atoms with van der Waals surface area (Å²) >= 11 is 0. The molecule has 1 aromatic rings. The SMILES string of the molecule is CC(=O)N[C@@H]1[C@@H](OC(C)=O)[C@H](OC(C)=O)[C@@H](COC(C)=O)O[C@H]1n1cc(CN2C[C@@H](C)C[C@H]3O[C@]4(CC[C@@H]5C(=C4C)C[C@H]4[C@H]5CC=C5C[C@@H](O)CC[C@@]54C)[C@H](C)[C@@H]32)nn1. The molecule has 0 bridgehead atoms. The Morgan fingerprint density at radius 1 is 1.02 bits per heavy atom. The van der Waals surface area contributed by atoms with E-state index in [1.165, 1.54) is 43.5 Å². The summed E-state index contributed by atoms with van der Waals surface area (Å²) in [5.74, 6) is 0.178. The van der Waals surface area contributed by atoms with Crippen LogP contribution < -0.4 is 5.32 Å². The molecule has 0 unspecified atom stereocenters. The van der Waals surface area contributed by atoms with Crippen LogP contribution in [0.5, 0.6) is 0 Å². The summed E-state index contributed by atoms with van der Waals surface area (Å²) < 4.78 is 31.9. The molecule has 2 N–H and O–H groups in total. The highest BCUT2D eigenvalue weighted by molar-refractivity contribution is 5.73. The van der Waals surface area contributed by atoms with E-state index < -0.39 is 54.4 Å². The lowest BCUT2D eigenvalue weighted by Crippen LogP contribution is -2.64. The van der Waals surface area contributed by atoms with E-state index in [0.29, 0.717) is 35.9 Å². The molecule has 15 nitrogen and oxygen atoms in total. The van der Waals surface area contributed by atoms with E-state index in [-0.39, 0.29) is 41.8 Å². The first-order valence-corrected chi connectivity index (χ1v) is 21.8. The summed E-state index contributed by atoms with van der Waals surface area (Å²) in [4.78, 5) is 51.6. The Kier molecular flexibility index (Phi) is 11.4. The van der Waals surface area contributed by atoms with Crippen LogP contribution in [-0.2, 0) is 49.4 Å². The van der Waals surface area contributed by atoms with Crippen LogP contribution >= 0.6 is 0 Å². The quantitative estimate of drug-likeness (QED) is 0.215. The number of esters is 3. The fourth-order valence-corrected chi connectivity index (χ4v) is 12.9. The summed E-state index contributed by atoms with van der Waals surface area (Å²) in [5.41, 5.74) is 5.11. The molecule has 4 aliphatic carbocycles. The number of hydrogen-bond acceptors (Lipinski definition) is 13. The molecule has 0 radical (unpaired) electrons. The lowest BCUT2D eigenvalue weighted by Gasteiger charge is -2.49. The minimum atomic E-state index is -1.20. The Hall–Kier alpha value is -3.66. The van der Waals surface area contributed by atoms with E-state index in [1.807, 2.05) is 0 Å². The molecular weight excluding hydrogens is 759 g/mol. The molecule has 15 atom stereocenters. The molecule has 7 aliphatic rings. The van der Waals surface area contributed by atoms with E-state index in [0.717, 1.165) is 57.9 Å². The third-order valence-electron chi connectivity index (χ3n) is 15.4. The average Bonchev–Trinajstić information content (AvgIpc) is 3.86. The number of aromatic nitrogens is 3. The maximum absolute atomic E-state index is 12.6. The minimum absolute atomic E-state index is 0.0701. The molecule has 1 aromatic heterocycles. The van der Waals surface area contributed by atoms with Crippen molar-refractivity contribution in [3.63, 3.8) is 0 Å². The topological polar surface area (TPSA) is 181 Å². The van der Waals surface area contributed by atoms with Crippen LogP contribution in [0.1, 0.15) is 119 Å². The molecule has 4 heterocycles. The Bertz CT molecular complexity index is 1900. The molecule has 15 heteroatoms. The molecule has 3 aliphatic heterocycles. The number of rotatable bonds is 8. The number of nitrogens with one attached hydrogen (secondary N) is 1. The third kappa shape index (κ3) is 7.56. The minimum Gasteiger partial charge on any atom is -0.463 e. The van der Waals surface area contributed by atoms with Crippen LogP contribution in [0.25, 0.3) is 0 Å². The van der Waals surface area contributed by atoms with Crippen molar-refractivity contribution in [1.82, 2.24) is 25.2 Å². The number of carbonyl (C=O) groups is 4. The van der Waals surface area contributed by atoms with Gasteiger partial charge in [-0.05, 0) is 93.0 Å². The van der Waals surface area contributed by atoms with Crippen LogP contribution in [0.3, 0.4) is 0 Å². The van der Waals surface area contributed by atoms with Crippen molar-refractivity contribution < 1.29 is 48.0 Å². The van der Waals surface area contributed by atoms with Crippen molar-refractivity contribution in [1.29, 1.82) is 0 Å². The highest BCUT2D eigenvalue weighted by Crippen LogP contribution is 2.65. The smallest absolute Gasteiger partial charge is 0.303 e. The van der Waals surface area contributed by atoms with E-state index in [2.05, 4.69) is 54.3 Å². The van der Waals surface area contributed by atoms with Crippen molar-refractivity contribution in [3.8, 4) is 0 Å². The van der Waals surface area contributed by atoms with Gasteiger partial charge in [0, 0.05) is 52.7 Å². The van der Waals surface area contributed by atoms with E-state index in [1.54, 1.807) is 11.8 Å². The number of ether oxygens (including phenoxy) is 5. The number of carbonyl (C=O) groups excluding carboxylic acids is 4. The average molecular weight is 822 g/mol. The van der Waals surface area contributed by atoms with E-state index >= 15 is 0 Å². The van der Waals surface area contributed by atoms with Gasteiger partial charge >= 0.3 is 17.9 Å². The van der Waals surface area contributed by atoms with E-state index in [9.17, 15) is 24.3 Å². The van der Waals surface area contributed by atoms with Crippen LogP contribution in [0.2, 0.25) is 0 Å². The van der Waals surface area contributed by atoms with Crippen LogP contribution in [-0.4, -0.2) is 110 Å². The number of allylic oxidation sites excluding steroid dienone is 2. The predicted molar refractivity (Wildman–Crippen MR) is 212 cm³/mol.